The lowest BCUT2D eigenvalue weighted by Gasteiger charge is -1.98. The molecule has 0 saturated carbocycles. The number of nitrogen functional groups attached to an aromatic ring is 1. The van der Waals surface area contributed by atoms with Crippen LogP contribution in [-0.4, -0.2) is 28.2 Å². The van der Waals surface area contributed by atoms with Crippen LogP contribution < -0.4 is 5.73 Å². The summed E-state index contributed by atoms with van der Waals surface area (Å²) in [6.07, 6.45) is -0.641. The van der Waals surface area contributed by atoms with Crippen molar-refractivity contribution in [1.29, 1.82) is 0 Å². The first-order chi connectivity index (χ1) is 9.01. The molecule has 0 aliphatic rings. The van der Waals surface area contributed by atoms with Crippen molar-refractivity contribution in [3.63, 3.8) is 0 Å². The molecule has 8 heteroatoms. The van der Waals surface area contributed by atoms with Crippen molar-refractivity contribution in [3.8, 4) is 10.6 Å². The van der Waals surface area contributed by atoms with Crippen molar-refractivity contribution in [2.45, 2.75) is 19.4 Å². The summed E-state index contributed by atoms with van der Waals surface area (Å²) in [4.78, 5) is 20.6. The number of aliphatic hydroxyl groups excluding tert-OH is 1. The molecule has 2 heterocycles. The number of carbonyl (C=O) groups excluding carboxylic acids is 1. The van der Waals surface area contributed by atoms with Crippen LogP contribution in [0, 0.1) is 0 Å². The van der Waals surface area contributed by atoms with Crippen LogP contribution in [0.1, 0.15) is 23.7 Å². The molecule has 0 spiro atoms. The molecular weight excluding hydrogens is 286 g/mol. The smallest absolute Gasteiger partial charge is 0.311 e. The second kappa shape index (κ2) is 5.64. The molecule has 0 aliphatic carbocycles. The van der Waals surface area contributed by atoms with Crippen molar-refractivity contribution in [1.82, 2.24) is 9.97 Å². The minimum Gasteiger partial charge on any atom is -0.469 e. The molecule has 0 aromatic carbocycles. The van der Waals surface area contributed by atoms with Crippen LogP contribution in [0.5, 0.6) is 0 Å². The average molecular weight is 299 g/mol. The van der Waals surface area contributed by atoms with Crippen LogP contribution in [0.25, 0.3) is 10.6 Å². The molecule has 2 aromatic rings. The Morgan fingerprint density at radius 3 is 2.84 bits per heavy atom. The summed E-state index contributed by atoms with van der Waals surface area (Å²) in [7, 11) is 1.32. The first-order valence-corrected chi connectivity index (χ1v) is 7.16. The summed E-state index contributed by atoms with van der Waals surface area (Å²) < 4.78 is 4.64. The van der Waals surface area contributed by atoms with E-state index >= 15 is 0 Å². The van der Waals surface area contributed by atoms with Gasteiger partial charge in [-0.2, -0.15) is 0 Å². The Morgan fingerprint density at radius 2 is 2.32 bits per heavy atom. The maximum atomic E-state index is 11.4. The van der Waals surface area contributed by atoms with Gasteiger partial charge >= 0.3 is 5.97 Å². The average Bonchev–Trinajstić information content (AvgIpc) is 2.95. The molecule has 0 fully saturated rings. The Bertz CT molecular complexity index is 592. The Morgan fingerprint density at radius 1 is 1.58 bits per heavy atom. The zero-order chi connectivity index (χ0) is 14.0. The normalized spacial score (nSPS) is 12.4. The van der Waals surface area contributed by atoms with Crippen LogP contribution >= 0.6 is 22.7 Å². The Balaban J connectivity index is 2.42. The van der Waals surface area contributed by atoms with Crippen molar-refractivity contribution in [2.24, 2.45) is 0 Å². The summed E-state index contributed by atoms with van der Waals surface area (Å²) in [6.45, 7) is 1.62. The number of esters is 1. The second-order valence-corrected chi connectivity index (χ2v) is 5.75. The highest BCUT2D eigenvalue weighted by atomic mass is 32.1. The maximum absolute atomic E-state index is 11.4. The minimum atomic E-state index is -0.689. The highest BCUT2D eigenvalue weighted by Crippen LogP contribution is 2.34. The number of nitrogens with two attached hydrogens (primary N) is 1. The number of hydrogen-bond donors (Lipinski definition) is 2. The largest absolute Gasteiger partial charge is 0.469 e. The number of methoxy groups -OCH3 is 1. The van der Waals surface area contributed by atoms with E-state index in [4.69, 9.17) is 5.73 Å². The van der Waals surface area contributed by atoms with Crippen molar-refractivity contribution < 1.29 is 14.6 Å². The van der Waals surface area contributed by atoms with E-state index in [-0.39, 0.29) is 12.4 Å². The number of ether oxygens (including phenoxy) is 1. The predicted octanol–water partition coefficient (Wildman–Crippen LogP) is 1.62. The molecule has 0 aliphatic heterocycles. The summed E-state index contributed by atoms with van der Waals surface area (Å²) >= 11 is 2.62. The fourth-order valence-electron chi connectivity index (χ4n) is 1.47. The van der Waals surface area contributed by atoms with Gasteiger partial charge in [0.2, 0.25) is 0 Å². The third-order valence-corrected chi connectivity index (χ3v) is 4.33. The molecule has 0 radical (unpaired) electrons. The monoisotopic (exact) mass is 299 g/mol. The van der Waals surface area contributed by atoms with Crippen molar-refractivity contribution in [3.05, 3.63) is 16.1 Å². The third-order valence-electron chi connectivity index (χ3n) is 2.37. The van der Waals surface area contributed by atoms with Crippen molar-refractivity contribution >= 4 is 33.8 Å². The summed E-state index contributed by atoms with van der Waals surface area (Å²) in [5.41, 5.74) is 6.84. The topological polar surface area (TPSA) is 98.3 Å². The Hall–Kier alpha value is -1.51. The fraction of sp³-hybridized carbons (Fsp3) is 0.364. The van der Waals surface area contributed by atoms with Gasteiger partial charge in [0, 0.05) is 5.38 Å². The molecule has 19 heavy (non-hydrogen) atoms. The van der Waals surface area contributed by atoms with E-state index in [0.29, 0.717) is 21.5 Å². The number of anilines is 1. The van der Waals surface area contributed by atoms with E-state index in [1.165, 1.54) is 29.8 Å². The predicted molar refractivity (Wildman–Crippen MR) is 74.0 cm³/mol. The van der Waals surface area contributed by atoms with Gasteiger partial charge in [-0.25, -0.2) is 9.97 Å². The first kappa shape index (κ1) is 13.9. The molecule has 2 aromatic heterocycles. The van der Waals surface area contributed by atoms with Crippen LogP contribution in [-0.2, 0) is 16.0 Å². The SMILES string of the molecule is COC(=O)Cc1nc(C(C)O)sc1-c1csc(N)n1. The lowest BCUT2D eigenvalue weighted by Crippen LogP contribution is -2.06. The number of hydrogen-bond acceptors (Lipinski definition) is 8. The number of nitrogens with zero attached hydrogens (tertiary/aromatic N) is 2. The van der Waals surface area contributed by atoms with Gasteiger partial charge < -0.3 is 15.6 Å². The van der Waals surface area contributed by atoms with E-state index in [1.807, 2.05) is 0 Å². The Kier molecular flexibility index (Phi) is 4.13. The lowest BCUT2D eigenvalue weighted by molar-refractivity contribution is -0.139. The van der Waals surface area contributed by atoms with E-state index in [9.17, 15) is 9.90 Å². The number of carbonyl (C=O) groups is 1. The van der Waals surface area contributed by atoms with Gasteiger partial charge in [-0.15, -0.1) is 22.7 Å². The summed E-state index contributed by atoms with van der Waals surface area (Å²) in [5, 5.41) is 12.4. The van der Waals surface area contributed by atoms with Gasteiger partial charge in [0.05, 0.1) is 29.8 Å². The molecular formula is C11H13N3O3S2. The van der Waals surface area contributed by atoms with Crippen LogP contribution in [0.15, 0.2) is 5.38 Å². The fourth-order valence-corrected chi connectivity index (χ4v) is 3.08. The standard InChI is InChI=1S/C11H13N3O3S2/c1-5(15)10-13-6(3-8(16)17-2)9(19-10)7-4-18-11(12)14-7/h4-5,15H,3H2,1-2H3,(H2,12,14). The number of aromatic nitrogens is 2. The molecule has 1 unspecified atom stereocenters. The second-order valence-electron chi connectivity index (χ2n) is 3.83. The Labute approximate surface area is 117 Å². The molecule has 3 N–H and O–H groups in total. The highest BCUT2D eigenvalue weighted by molar-refractivity contribution is 7.16. The van der Waals surface area contributed by atoms with E-state index in [1.54, 1.807) is 12.3 Å². The summed E-state index contributed by atoms with van der Waals surface area (Å²) in [6, 6.07) is 0. The van der Waals surface area contributed by atoms with Gasteiger partial charge in [0.1, 0.15) is 11.1 Å². The summed E-state index contributed by atoms with van der Waals surface area (Å²) in [5.74, 6) is -0.383. The quantitative estimate of drug-likeness (QED) is 0.832. The zero-order valence-corrected chi connectivity index (χ0v) is 12.0. The minimum absolute atomic E-state index is 0.0481. The molecule has 0 amide bonds. The molecule has 1 atom stereocenters. The van der Waals surface area contributed by atoms with E-state index in [2.05, 4.69) is 14.7 Å². The van der Waals surface area contributed by atoms with Crippen LogP contribution in [0.4, 0.5) is 5.13 Å². The van der Waals surface area contributed by atoms with E-state index in [0.717, 1.165) is 4.88 Å². The van der Waals surface area contributed by atoms with Gasteiger partial charge in [-0.1, -0.05) is 0 Å². The molecule has 6 nitrogen and oxygen atoms in total. The zero-order valence-electron chi connectivity index (χ0n) is 10.4. The molecule has 0 saturated heterocycles. The molecule has 102 valence electrons. The van der Waals surface area contributed by atoms with Gasteiger partial charge in [0.25, 0.3) is 0 Å². The first-order valence-electron chi connectivity index (χ1n) is 5.47. The van der Waals surface area contributed by atoms with E-state index < -0.39 is 6.10 Å². The molecule has 2 rings (SSSR count). The van der Waals surface area contributed by atoms with Gasteiger partial charge in [0.15, 0.2) is 5.13 Å². The number of rotatable bonds is 4. The lowest BCUT2D eigenvalue weighted by atomic mass is 10.2. The van der Waals surface area contributed by atoms with Crippen LogP contribution in [0.2, 0.25) is 0 Å². The number of aliphatic hydroxyl groups is 1. The van der Waals surface area contributed by atoms with Gasteiger partial charge in [-0.05, 0) is 6.92 Å². The van der Waals surface area contributed by atoms with Gasteiger partial charge in [-0.3, -0.25) is 4.79 Å². The van der Waals surface area contributed by atoms with Crippen molar-refractivity contribution in [2.75, 3.05) is 12.8 Å². The number of thiazole rings is 2. The third kappa shape index (κ3) is 3.09. The van der Waals surface area contributed by atoms with Crippen LogP contribution in [0.3, 0.4) is 0 Å². The maximum Gasteiger partial charge on any atom is 0.311 e. The highest BCUT2D eigenvalue weighted by Gasteiger charge is 2.20. The molecule has 0 bridgehead atoms.